The molecular formula is C17H18O3. The van der Waals surface area contributed by atoms with Crippen LogP contribution < -0.4 is 0 Å². The molecule has 2 heterocycles. The first-order valence-electron chi connectivity index (χ1n) is 7.79. The quantitative estimate of drug-likeness (QED) is 0.840. The van der Waals surface area contributed by atoms with Gasteiger partial charge < -0.3 is 14.2 Å². The van der Waals surface area contributed by atoms with Crippen molar-refractivity contribution in [3.8, 4) is 0 Å². The third-order valence-corrected chi connectivity index (χ3v) is 7.00. The first kappa shape index (κ1) is 10.8. The molecule has 0 radical (unpaired) electrons. The van der Waals surface area contributed by atoms with Gasteiger partial charge in [-0.2, -0.15) is 0 Å². The zero-order valence-electron chi connectivity index (χ0n) is 11.3. The van der Waals surface area contributed by atoms with E-state index in [-0.39, 0.29) is 6.29 Å². The van der Waals surface area contributed by atoms with E-state index in [2.05, 4.69) is 30.3 Å². The summed E-state index contributed by atoms with van der Waals surface area (Å²) in [6, 6.07) is 10.5. The van der Waals surface area contributed by atoms with Gasteiger partial charge in [0, 0.05) is 5.41 Å². The Hall–Kier alpha value is -0.900. The molecule has 3 heteroatoms. The Bertz CT molecular complexity index is 587. The minimum absolute atomic E-state index is 0.102. The summed E-state index contributed by atoms with van der Waals surface area (Å²) in [6.45, 7) is 1.65. The zero-order chi connectivity index (χ0) is 12.9. The topological polar surface area (TPSA) is 27.7 Å². The Morgan fingerprint density at radius 2 is 2.05 bits per heavy atom. The van der Waals surface area contributed by atoms with Crippen molar-refractivity contribution in [1.82, 2.24) is 0 Å². The van der Waals surface area contributed by atoms with Crippen molar-refractivity contribution in [1.29, 1.82) is 0 Å². The van der Waals surface area contributed by atoms with Crippen LogP contribution in [0.3, 0.4) is 0 Å². The maximum atomic E-state index is 6.13. The van der Waals surface area contributed by atoms with Crippen LogP contribution >= 0.6 is 0 Å². The van der Waals surface area contributed by atoms with E-state index in [0.717, 1.165) is 25.0 Å². The molecule has 5 fully saturated rings. The lowest BCUT2D eigenvalue weighted by molar-refractivity contribution is -0.509. The fourth-order valence-corrected chi connectivity index (χ4v) is 6.25. The average Bonchev–Trinajstić information content (AvgIpc) is 2.78. The highest BCUT2D eigenvalue weighted by Crippen LogP contribution is 2.89. The number of fused-ring (bicyclic) bond motifs is 3. The van der Waals surface area contributed by atoms with E-state index < -0.39 is 0 Å². The third kappa shape index (κ3) is 0.853. The minimum Gasteiger partial charge on any atom is -0.376 e. The Morgan fingerprint density at radius 3 is 2.95 bits per heavy atom. The predicted molar refractivity (Wildman–Crippen MR) is 70.7 cm³/mol. The molecule has 2 unspecified atom stereocenters. The molecule has 20 heavy (non-hydrogen) atoms. The van der Waals surface area contributed by atoms with Crippen LogP contribution in [0.2, 0.25) is 0 Å². The Morgan fingerprint density at radius 1 is 1.15 bits per heavy atom. The lowest BCUT2D eigenvalue weighted by Crippen LogP contribution is -2.87. The van der Waals surface area contributed by atoms with Gasteiger partial charge in [0.2, 0.25) is 0 Å². The number of hydrogen-bond acceptors (Lipinski definition) is 3. The van der Waals surface area contributed by atoms with E-state index in [9.17, 15) is 0 Å². The third-order valence-electron chi connectivity index (χ3n) is 7.00. The molecule has 7 atom stereocenters. The molecule has 3 aliphatic carbocycles. The highest BCUT2D eigenvalue weighted by molar-refractivity contribution is 5.38. The molecule has 3 saturated carbocycles. The molecule has 2 bridgehead atoms. The largest absolute Gasteiger partial charge is 0.376 e. The van der Waals surface area contributed by atoms with Gasteiger partial charge in [0.25, 0.3) is 0 Å². The van der Waals surface area contributed by atoms with Crippen LogP contribution in [0.5, 0.6) is 0 Å². The van der Waals surface area contributed by atoms with Crippen LogP contribution in [0.25, 0.3) is 0 Å². The summed E-state index contributed by atoms with van der Waals surface area (Å²) in [6.07, 6.45) is 3.60. The Balaban J connectivity index is 1.24. The van der Waals surface area contributed by atoms with E-state index >= 15 is 0 Å². The molecule has 6 rings (SSSR count). The van der Waals surface area contributed by atoms with Crippen molar-refractivity contribution in [2.75, 3.05) is 6.61 Å². The fourth-order valence-electron chi connectivity index (χ4n) is 6.25. The Labute approximate surface area is 118 Å². The summed E-state index contributed by atoms with van der Waals surface area (Å²) < 4.78 is 18.1. The van der Waals surface area contributed by atoms with Crippen LogP contribution in [0.1, 0.15) is 18.4 Å². The van der Waals surface area contributed by atoms with Crippen molar-refractivity contribution in [2.45, 2.75) is 37.9 Å². The van der Waals surface area contributed by atoms with E-state index in [0.29, 0.717) is 23.0 Å². The molecule has 104 valence electrons. The summed E-state index contributed by atoms with van der Waals surface area (Å²) in [5.74, 6) is 1.51. The van der Waals surface area contributed by atoms with Crippen LogP contribution in [0.4, 0.5) is 0 Å². The monoisotopic (exact) mass is 270 g/mol. The smallest absolute Gasteiger partial charge is 0.167 e. The van der Waals surface area contributed by atoms with E-state index in [1.807, 2.05) is 0 Å². The lowest BCUT2D eigenvalue weighted by atomic mass is 9.30. The molecule has 1 aromatic carbocycles. The minimum atomic E-state index is 0.102. The fraction of sp³-hybridized carbons (Fsp3) is 0.647. The van der Waals surface area contributed by atoms with Crippen LogP contribution in [0, 0.1) is 22.7 Å². The van der Waals surface area contributed by atoms with Crippen molar-refractivity contribution >= 4 is 0 Å². The molecule has 2 aliphatic heterocycles. The van der Waals surface area contributed by atoms with Crippen molar-refractivity contribution < 1.29 is 14.2 Å². The molecule has 3 nitrogen and oxygen atoms in total. The average molecular weight is 270 g/mol. The van der Waals surface area contributed by atoms with Gasteiger partial charge in [0.15, 0.2) is 6.29 Å². The highest BCUT2D eigenvalue weighted by atomic mass is 16.7. The van der Waals surface area contributed by atoms with Crippen molar-refractivity contribution in [2.24, 2.45) is 22.7 Å². The van der Waals surface area contributed by atoms with E-state index in [1.165, 1.54) is 18.4 Å². The SMILES string of the molecule is c1ccc(COC[C@]23[C@@H]4C[C@H]2[C@@H]2OC5O[C@H]4CC523)cc1. The van der Waals surface area contributed by atoms with Gasteiger partial charge in [-0.25, -0.2) is 0 Å². The maximum Gasteiger partial charge on any atom is 0.167 e. The van der Waals surface area contributed by atoms with E-state index in [4.69, 9.17) is 14.2 Å². The first-order valence-corrected chi connectivity index (χ1v) is 7.79. The number of hydrogen-bond donors (Lipinski definition) is 0. The summed E-state index contributed by atoms with van der Waals surface area (Å²) in [7, 11) is 0. The van der Waals surface area contributed by atoms with Gasteiger partial charge in [-0.05, 0) is 30.2 Å². The Kier molecular flexibility index (Phi) is 1.69. The summed E-state index contributed by atoms with van der Waals surface area (Å²) in [4.78, 5) is 0. The maximum absolute atomic E-state index is 6.13. The molecular weight excluding hydrogens is 252 g/mol. The number of ether oxygens (including phenoxy) is 3. The van der Waals surface area contributed by atoms with Crippen LogP contribution in [-0.4, -0.2) is 25.1 Å². The van der Waals surface area contributed by atoms with Gasteiger partial charge in [-0.1, -0.05) is 30.3 Å². The molecule has 1 aromatic rings. The predicted octanol–water partition coefficient (Wildman–Crippen LogP) is 2.35. The zero-order valence-corrected chi connectivity index (χ0v) is 11.3. The summed E-state index contributed by atoms with van der Waals surface area (Å²) >= 11 is 0. The van der Waals surface area contributed by atoms with Gasteiger partial charge in [-0.15, -0.1) is 0 Å². The second kappa shape index (κ2) is 3.13. The molecule has 0 amide bonds. The summed E-state index contributed by atoms with van der Waals surface area (Å²) in [5, 5.41) is 0. The van der Waals surface area contributed by atoms with Gasteiger partial charge in [-0.3, -0.25) is 0 Å². The standard InChI is InChI=1S/C17H18O3/c1-2-4-10(5-3-1)8-18-9-17-11-6-12(17)14-16(17)7-13(11)19-15(16)20-14/h1-5,11-15H,6-9H2/t11-,12+,13+,14+,15?,16?,17+/m1/s1. The second-order valence-corrected chi connectivity index (χ2v) is 7.28. The van der Waals surface area contributed by atoms with Crippen LogP contribution in [0.15, 0.2) is 30.3 Å². The highest BCUT2D eigenvalue weighted by Gasteiger charge is 2.95. The van der Waals surface area contributed by atoms with E-state index in [1.54, 1.807) is 0 Å². The summed E-state index contributed by atoms with van der Waals surface area (Å²) in [5.41, 5.74) is 2.03. The van der Waals surface area contributed by atoms with Gasteiger partial charge in [0.1, 0.15) is 0 Å². The number of rotatable bonds is 4. The second-order valence-electron chi connectivity index (χ2n) is 7.28. The van der Waals surface area contributed by atoms with Gasteiger partial charge in [0.05, 0.1) is 30.8 Å². The molecule has 2 saturated heterocycles. The molecule has 5 aliphatic rings. The van der Waals surface area contributed by atoms with Crippen molar-refractivity contribution in [3.05, 3.63) is 35.9 Å². The van der Waals surface area contributed by atoms with Gasteiger partial charge >= 0.3 is 0 Å². The lowest BCUT2D eigenvalue weighted by Gasteiger charge is -2.81. The number of benzene rings is 1. The normalized spacial score (nSPS) is 55.7. The molecule has 0 aromatic heterocycles. The van der Waals surface area contributed by atoms with Crippen LogP contribution in [-0.2, 0) is 20.8 Å². The van der Waals surface area contributed by atoms with Crippen molar-refractivity contribution in [3.63, 3.8) is 0 Å². The molecule has 1 spiro atoms. The first-order chi connectivity index (χ1) is 9.86. The molecule has 0 N–H and O–H groups in total.